The first-order valence-electron chi connectivity index (χ1n) is 8.41. The van der Waals surface area contributed by atoms with Crippen LogP contribution in [0.2, 0.25) is 0 Å². The highest BCUT2D eigenvalue weighted by Gasteiger charge is 2.30. The highest BCUT2D eigenvalue weighted by molar-refractivity contribution is 14.0. The normalized spacial score (nSPS) is 12.8. The van der Waals surface area contributed by atoms with Gasteiger partial charge < -0.3 is 24.9 Å². The number of nitrogens with zero attached hydrogens (tertiary/aromatic N) is 1. The number of aliphatic hydroxyl groups excluding tert-OH is 1. The molecule has 1 atom stereocenters. The van der Waals surface area contributed by atoms with Crippen LogP contribution in [0.3, 0.4) is 0 Å². The van der Waals surface area contributed by atoms with E-state index in [2.05, 4.69) is 15.6 Å². The van der Waals surface area contributed by atoms with Gasteiger partial charge in [0.2, 0.25) is 0 Å². The number of halogens is 4. The maximum Gasteiger partial charge on any atom is 0.416 e. The van der Waals surface area contributed by atoms with Crippen molar-refractivity contribution in [3.8, 4) is 5.75 Å². The molecule has 0 bridgehead atoms. The second-order valence-corrected chi connectivity index (χ2v) is 5.65. The molecule has 1 heterocycles. The lowest BCUT2D eigenvalue weighted by molar-refractivity contribution is -0.137. The second-order valence-electron chi connectivity index (χ2n) is 5.65. The van der Waals surface area contributed by atoms with Crippen LogP contribution in [0.5, 0.6) is 5.75 Å². The number of nitrogens with one attached hydrogen (secondary N) is 2. The second kappa shape index (κ2) is 11.8. The lowest BCUT2D eigenvalue weighted by Crippen LogP contribution is -2.42. The van der Waals surface area contributed by atoms with Crippen molar-refractivity contribution in [1.29, 1.82) is 0 Å². The molecule has 0 aliphatic heterocycles. The Morgan fingerprint density at radius 3 is 2.68 bits per heavy atom. The van der Waals surface area contributed by atoms with Crippen LogP contribution in [0.15, 0.2) is 52.1 Å². The standard InChI is InChI=1S/C18H22F3N3O3.HI/c1-2-22-17(24-11-16-7-4-8-26-16)23-10-14(25)12-27-15-6-3-5-13(9-15)18(19,20)21;/h3-9,14,25H,2,10-12H2,1H3,(H2,22,23,24);1H. The van der Waals surface area contributed by atoms with Crippen LogP contribution in [-0.2, 0) is 12.7 Å². The summed E-state index contributed by atoms with van der Waals surface area (Å²) in [6, 6.07) is 8.08. The molecule has 6 nitrogen and oxygen atoms in total. The van der Waals surface area contributed by atoms with E-state index in [-0.39, 0.29) is 42.9 Å². The van der Waals surface area contributed by atoms with Gasteiger partial charge in [0.1, 0.15) is 30.8 Å². The maximum atomic E-state index is 12.7. The van der Waals surface area contributed by atoms with Gasteiger partial charge in [-0.2, -0.15) is 13.2 Å². The van der Waals surface area contributed by atoms with Gasteiger partial charge in [0, 0.05) is 13.1 Å². The zero-order valence-corrected chi connectivity index (χ0v) is 17.5. The molecule has 1 aromatic heterocycles. The van der Waals surface area contributed by atoms with Gasteiger partial charge in [0.15, 0.2) is 5.96 Å². The van der Waals surface area contributed by atoms with Gasteiger partial charge in [-0.15, -0.1) is 24.0 Å². The third kappa shape index (κ3) is 8.38. The molecule has 0 fully saturated rings. The van der Waals surface area contributed by atoms with Crippen LogP contribution in [0.4, 0.5) is 13.2 Å². The van der Waals surface area contributed by atoms with E-state index in [0.717, 1.165) is 12.1 Å². The summed E-state index contributed by atoms with van der Waals surface area (Å²) in [5.74, 6) is 1.22. The summed E-state index contributed by atoms with van der Waals surface area (Å²) in [7, 11) is 0. The van der Waals surface area contributed by atoms with E-state index in [4.69, 9.17) is 9.15 Å². The molecule has 156 valence electrons. The van der Waals surface area contributed by atoms with E-state index in [1.807, 2.05) is 6.92 Å². The summed E-state index contributed by atoms with van der Waals surface area (Å²) < 4.78 is 48.5. The van der Waals surface area contributed by atoms with Crippen molar-refractivity contribution < 1.29 is 27.4 Å². The summed E-state index contributed by atoms with van der Waals surface area (Å²) in [5, 5.41) is 16.0. The van der Waals surface area contributed by atoms with Crippen molar-refractivity contribution in [2.24, 2.45) is 4.99 Å². The average Bonchev–Trinajstić information content (AvgIpc) is 3.15. The van der Waals surface area contributed by atoms with Crippen molar-refractivity contribution in [1.82, 2.24) is 10.6 Å². The Balaban J connectivity index is 0.00000392. The van der Waals surface area contributed by atoms with Gasteiger partial charge in [-0.1, -0.05) is 6.07 Å². The number of hydrogen-bond acceptors (Lipinski definition) is 4. The molecule has 1 unspecified atom stereocenters. The molecule has 0 saturated heterocycles. The molecule has 3 N–H and O–H groups in total. The molecular weight excluding hydrogens is 490 g/mol. The fourth-order valence-electron chi connectivity index (χ4n) is 2.13. The number of aliphatic hydroxyl groups is 1. The monoisotopic (exact) mass is 513 g/mol. The minimum atomic E-state index is -4.44. The van der Waals surface area contributed by atoms with Gasteiger partial charge >= 0.3 is 6.18 Å². The quantitative estimate of drug-likeness (QED) is 0.287. The minimum Gasteiger partial charge on any atom is -0.491 e. The van der Waals surface area contributed by atoms with Gasteiger partial charge in [-0.25, -0.2) is 4.99 Å². The molecule has 0 aliphatic rings. The van der Waals surface area contributed by atoms with E-state index in [1.165, 1.54) is 12.1 Å². The third-order valence-corrected chi connectivity index (χ3v) is 3.43. The lowest BCUT2D eigenvalue weighted by Gasteiger charge is -2.16. The predicted molar refractivity (Wildman–Crippen MR) is 110 cm³/mol. The van der Waals surface area contributed by atoms with Crippen LogP contribution in [0.25, 0.3) is 0 Å². The Kier molecular flexibility index (Phi) is 10.1. The number of ether oxygens (including phenoxy) is 1. The zero-order chi connectivity index (χ0) is 19.7. The van der Waals surface area contributed by atoms with E-state index in [0.29, 0.717) is 24.8 Å². The summed E-state index contributed by atoms with van der Waals surface area (Å²) in [5.41, 5.74) is -0.799. The van der Waals surface area contributed by atoms with Crippen molar-refractivity contribution in [2.45, 2.75) is 25.7 Å². The van der Waals surface area contributed by atoms with Gasteiger partial charge in [0.05, 0.1) is 11.8 Å². The molecule has 0 aliphatic carbocycles. The molecule has 0 amide bonds. The summed E-state index contributed by atoms with van der Waals surface area (Å²) in [6.07, 6.45) is -3.82. The summed E-state index contributed by atoms with van der Waals surface area (Å²) in [6.45, 7) is 2.81. The molecule has 10 heteroatoms. The number of rotatable bonds is 8. The van der Waals surface area contributed by atoms with Gasteiger partial charge in [0.25, 0.3) is 0 Å². The van der Waals surface area contributed by atoms with Crippen LogP contribution in [0, 0.1) is 0 Å². The molecule has 0 spiro atoms. The van der Waals surface area contributed by atoms with E-state index in [9.17, 15) is 18.3 Å². The Bertz CT molecular complexity index is 724. The smallest absolute Gasteiger partial charge is 0.416 e. The van der Waals surface area contributed by atoms with Crippen molar-refractivity contribution in [3.05, 3.63) is 54.0 Å². The fourth-order valence-corrected chi connectivity index (χ4v) is 2.13. The van der Waals surface area contributed by atoms with E-state index >= 15 is 0 Å². The number of benzene rings is 1. The van der Waals surface area contributed by atoms with Crippen molar-refractivity contribution in [2.75, 3.05) is 19.7 Å². The number of alkyl halides is 3. The number of guanidine groups is 1. The van der Waals surface area contributed by atoms with Crippen LogP contribution in [0.1, 0.15) is 18.2 Å². The molecule has 28 heavy (non-hydrogen) atoms. The molecule has 0 saturated carbocycles. The van der Waals surface area contributed by atoms with Gasteiger partial charge in [-0.3, -0.25) is 0 Å². The molecule has 2 rings (SSSR count). The first kappa shape index (κ1) is 24.1. The fraction of sp³-hybridized carbons (Fsp3) is 0.389. The number of hydrogen-bond donors (Lipinski definition) is 3. The maximum absolute atomic E-state index is 12.7. The van der Waals surface area contributed by atoms with Crippen molar-refractivity contribution in [3.63, 3.8) is 0 Å². The first-order chi connectivity index (χ1) is 12.9. The first-order valence-corrected chi connectivity index (χ1v) is 8.41. The summed E-state index contributed by atoms with van der Waals surface area (Å²) in [4.78, 5) is 4.31. The van der Waals surface area contributed by atoms with Gasteiger partial charge in [-0.05, 0) is 37.3 Å². The van der Waals surface area contributed by atoms with E-state index in [1.54, 1.807) is 18.4 Å². The third-order valence-electron chi connectivity index (χ3n) is 3.43. The Morgan fingerprint density at radius 2 is 2.04 bits per heavy atom. The molecule has 0 radical (unpaired) electrons. The van der Waals surface area contributed by atoms with E-state index < -0.39 is 17.8 Å². The molecular formula is C18H23F3IN3O3. The largest absolute Gasteiger partial charge is 0.491 e. The SMILES string of the molecule is CCNC(=NCc1ccco1)NCC(O)COc1cccc(C(F)(F)F)c1.I. The summed E-state index contributed by atoms with van der Waals surface area (Å²) >= 11 is 0. The van der Waals surface area contributed by atoms with Crippen molar-refractivity contribution >= 4 is 29.9 Å². The Hall–Kier alpha value is -1.95. The topological polar surface area (TPSA) is 79.0 Å². The predicted octanol–water partition coefficient (Wildman–Crippen LogP) is 3.41. The van der Waals surface area contributed by atoms with Crippen LogP contribution < -0.4 is 15.4 Å². The Labute approximate surface area is 178 Å². The number of furan rings is 1. The number of aliphatic imine (C=N–C) groups is 1. The molecule has 2 aromatic rings. The highest BCUT2D eigenvalue weighted by atomic mass is 127. The van der Waals surface area contributed by atoms with Crippen LogP contribution in [-0.4, -0.2) is 36.9 Å². The average molecular weight is 513 g/mol. The lowest BCUT2D eigenvalue weighted by atomic mass is 10.2. The Morgan fingerprint density at radius 1 is 1.25 bits per heavy atom. The zero-order valence-electron chi connectivity index (χ0n) is 15.2. The highest BCUT2D eigenvalue weighted by Crippen LogP contribution is 2.31. The molecule has 1 aromatic carbocycles. The van der Waals surface area contributed by atoms with Crippen LogP contribution >= 0.6 is 24.0 Å². The minimum absolute atomic E-state index is 0.